The van der Waals surface area contributed by atoms with Gasteiger partial charge in [0.05, 0.1) is 6.54 Å². The summed E-state index contributed by atoms with van der Waals surface area (Å²) >= 11 is 0. The van der Waals surface area contributed by atoms with Crippen LogP contribution in [-0.2, 0) is 0 Å². The van der Waals surface area contributed by atoms with Crippen LogP contribution in [0.1, 0.15) is 61.3 Å². The Morgan fingerprint density at radius 3 is 2.25 bits per heavy atom. The van der Waals surface area contributed by atoms with Crippen molar-refractivity contribution in [2.45, 2.75) is 72.9 Å². The van der Waals surface area contributed by atoms with E-state index in [0.29, 0.717) is 6.04 Å². The largest absolute Gasteiger partial charge is 0.357 e. The maximum absolute atomic E-state index is 4.65. The van der Waals surface area contributed by atoms with E-state index in [4.69, 9.17) is 0 Å². The maximum atomic E-state index is 4.65. The second kappa shape index (κ2) is 15.2. The zero-order valence-corrected chi connectivity index (χ0v) is 19.4. The summed E-state index contributed by atoms with van der Waals surface area (Å²) < 4.78 is 0. The van der Waals surface area contributed by atoms with E-state index >= 15 is 0 Å². The molecule has 0 radical (unpaired) electrons. The van der Waals surface area contributed by atoms with E-state index in [-0.39, 0.29) is 29.5 Å². The third-order valence-corrected chi connectivity index (χ3v) is 3.77. The Bertz CT molecular complexity index is 311. The molecular formula is C18H42IN5. The third kappa shape index (κ3) is 15.4. The number of nitrogens with one attached hydrogen (secondary N) is 3. The molecule has 0 saturated heterocycles. The van der Waals surface area contributed by atoms with Crippen LogP contribution >= 0.6 is 24.0 Å². The predicted molar refractivity (Wildman–Crippen MR) is 119 cm³/mol. The second-order valence-corrected chi connectivity index (χ2v) is 7.15. The first-order chi connectivity index (χ1) is 10.8. The lowest BCUT2D eigenvalue weighted by atomic mass is 10.1. The van der Waals surface area contributed by atoms with Gasteiger partial charge in [0.15, 0.2) is 5.96 Å². The Morgan fingerprint density at radius 2 is 1.75 bits per heavy atom. The molecular weight excluding hydrogens is 413 g/mol. The first-order valence-electron chi connectivity index (χ1n) is 9.34. The molecule has 5 nitrogen and oxygen atoms in total. The van der Waals surface area contributed by atoms with Crippen LogP contribution < -0.4 is 16.0 Å². The first kappa shape index (κ1) is 26.2. The van der Waals surface area contributed by atoms with Crippen LogP contribution in [0.5, 0.6) is 0 Å². The van der Waals surface area contributed by atoms with Crippen LogP contribution in [0.3, 0.4) is 0 Å². The fourth-order valence-electron chi connectivity index (χ4n) is 2.39. The number of guanidine groups is 1. The number of hydrogen-bond donors (Lipinski definition) is 3. The highest BCUT2D eigenvalue weighted by atomic mass is 127. The predicted octanol–water partition coefficient (Wildman–Crippen LogP) is 3.06. The van der Waals surface area contributed by atoms with Gasteiger partial charge in [-0.05, 0) is 67.1 Å². The molecule has 1 unspecified atom stereocenters. The first-order valence-corrected chi connectivity index (χ1v) is 9.34. The van der Waals surface area contributed by atoms with Crippen LogP contribution in [-0.4, -0.2) is 61.7 Å². The summed E-state index contributed by atoms with van der Waals surface area (Å²) in [5, 5.41) is 10.3. The number of hydrogen-bond acceptors (Lipinski definition) is 3. The maximum Gasteiger partial charge on any atom is 0.191 e. The smallest absolute Gasteiger partial charge is 0.191 e. The molecule has 3 N–H and O–H groups in total. The summed E-state index contributed by atoms with van der Waals surface area (Å²) in [5.41, 5.74) is 0.152. The van der Waals surface area contributed by atoms with Crippen LogP contribution in [0.25, 0.3) is 0 Å². The lowest BCUT2D eigenvalue weighted by Gasteiger charge is -2.22. The topological polar surface area (TPSA) is 51.7 Å². The van der Waals surface area contributed by atoms with Crippen molar-refractivity contribution in [3.63, 3.8) is 0 Å². The van der Waals surface area contributed by atoms with Crippen LogP contribution in [0.2, 0.25) is 0 Å². The monoisotopic (exact) mass is 455 g/mol. The standard InChI is InChI=1S/C18H41N5.HI/c1-8-19-17(20-13-14-21-18(5,6)7)22-16(4)12-11-15-23(9-2)10-3;/h16,21H,8-15H2,1-7H3,(H2,19,20,22);1H. The zero-order valence-electron chi connectivity index (χ0n) is 17.0. The van der Waals surface area contributed by atoms with Gasteiger partial charge in [-0.2, -0.15) is 0 Å². The summed E-state index contributed by atoms with van der Waals surface area (Å²) in [5.74, 6) is 0.929. The average Bonchev–Trinajstić information content (AvgIpc) is 2.47. The van der Waals surface area contributed by atoms with Gasteiger partial charge < -0.3 is 20.9 Å². The molecule has 0 saturated carbocycles. The molecule has 0 amide bonds. The van der Waals surface area contributed by atoms with Crippen molar-refractivity contribution in [3.8, 4) is 0 Å². The van der Waals surface area contributed by atoms with Crippen molar-refractivity contribution in [1.29, 1.82) is 0 Å². The number of rotatable bonds is 11. The van der Waals surface area contributed by atoms with Crippen molar-refractivity contribution in [1.82, 2.24) is 20.9 Å². The average molecular weight is 455 g/mol. The summed E-state index contributed by atoms with van der Waals surface area (Å²) in [6.45, 7) is 21.4. The van der Waals surface area contributed by atoms with Crippen LogP contribution in [0, 0.1) is 0 Å². The van der Waals surface area contributed by atoms with Gasteiger partial charge in [0, 0.05) is 24.7 Å². The molecule has 6 heteroatoms. The van der Waals surface area contributed by atoms with E-state index in [0.717, 1.165) is 38.7 Å². The van der Waals surface area contributed by atoms with Gasteiger partial charge in [0.2, 0.25) is 0 Å². The molecule has 146 valence electrons. The minimum atomic E-state index is 0. The normalized spacial score (nSPS) is 13.6. The van der Waals surface area contributed by atoms with E-state index in [1.807, 2.05) is 0 Å². The highest BCUT2D eigenvalue weighted by Gasteiger charge is 2.08. The molecule has 0 bridgehead atoms. The molecule has 0 aliphatic carbocycles. The molecule has 0 aliphatic heterocycles. The Balaban J connectivity index is 0. The number of halogens is 1. The lowest BCUT2D eigenvalue weighted by molar-refractivity contribution is 0.292. The number of nitrogens with zero attached hydrogens (tertiary/aromatic N) is 2. The second-order valence-electron chi connectivity index (χ2n) is 7.15. The van der Waals surface area contributed by atoms with Gasteiger partial charge in [-0.25, -0.2) is 0 Å². The van der Waals surface area contributed by atoms with Gasteiger partial charge in [0.1, 0.15) is 0 Å². The van der Waals surface area contributed by atoms with Crippen molar-refractivity contribution in [2.75, 3.05) is 39.3 Å². The van der Waals surface area contributed by atoms with Crippen molar-refractivity contribution < 1.29 is 0 Å². The third-order valence-electron chi connectivity index (χ3n) is 3.77. The fourth-order valence-corrected chi connectivity index (χ4v) is 2.39. The van der Waals surface area contributed by atoms with Gasteiger partial charge in [-0.15, -0.1) is 24.0 Å². The van der Waals surface area contributed by atoms with Crippen molar-refractivity contribution in [2.24, 2.45) is 4.99 Å². The molecule has 0 aromatic rings. The van der Waals surface area contributed by atoms with Crippen LogP contribution in [0.15, 0.2) is 4.99 Å². The molecule has 0 heterocycles. The van der Waals surface area contributed by atoms with Gasteiger partial charge >= 0.3 is 0 Å². The van der Waals surface area contributed by atoms with E-state index in [1.54, 1.807) is 0 Å². The van der Waals surface area contributed by atoms with Crippen molar-refractivity contribution in [3.05, 3.63) is 0 Å². The van der Waals surface area contributed by atoms with E-state index in [2.05, 4.69) is 74.3 Å². The minimum absolute atomic E-state index is 0. The van der Waals surface area contributed by atoms with E-state index in [9.17, 15) is 0 Å². The molecule has 0 spiro atoms. The van der Waals surface area contributed by atoms with Gasteiger partial charge in [0.25, 0.3) is 0 Å². The molecule has 0 aromatic heterocycles. The highest BCUT2D eigenvalue weighted by molar-refractivity contribution is 14.0. The molecule has 0 fully saturated rings. The lowest BCUT2D eigenvalue weighted by Crippen LogP contribution is -2.43. The molecule has 1 atom stereocenters. The Labute approximate surface area is 167 Å². The van der Waals surface area contributed by atoms with E-state index in [1.165, 1.54) is 19.4 Å². The SMILES string of the molecule is CCNC(=NCCNC(C)(C)C)NC(C)CCCN(CC)CC.I. The van der Waals surface area contributed by atoms with Crippen molar-refractivity contribution >= 4 is 29.9 Å². The minimum Gasteiger partial charge on any atom is -0.357 e. The quantitative estimate of drug-likeness (QED) is 0.194. The Kier molecular flexibility index (Phi) is 16.6. The molecule has 0 aliphatic rings. The number of aliphatic imine (C=N–C) groups is 1. The van der Waals surface area contributed by atoms with Crippen LogP contribution in [0.4, 0.5) is 0 Å². The van der Waals surface area contributed by atoms with Gasteiger partial charge in [-0.1, -0.05) is 13.8 Å². The molecule has 0 aromatic carbocycles. The Morgan fingerprint density at radius 1 is 1.12 bits per heavy atom. The molecule has 0 rings (SSSR count). The summed E-state index contributed by atoms with van der Waals surface area (Å²) in [7, 11) is 0. The zero-order chi connectivity index (χ0) is 17.7. The summed E-state index contributed by atoms with van der Waals surface area (Å²) in [6.07, 6.45) is 2.39. The summed E-state index contributed by atoms with van der Waals surface area (Å²) in [6, 6.07) is 0.443. The Hall–Kier alpha value is -0.0800. The fraction of sp³-hybridized carbons (Fsp3) is 0.944. The van der Waals surface area contributed by atoms with E-state index < -0.39 is 0 Å². The highest BCUT2D eigenvalue weighted by Crippen LogP contribution is 2.00. The summed E-state index contributed by atoms with van der Waals surface area (Å²) in [4.78, 5) is 7.13. The molecule has 24 heavy (non-hydrogen) atoms. The van der Waals surface area contributed by atoms with Gasteiger partial charge in [-0.3, -0.25) is 4.99 Å².